The van der Waals surface area contributed by atoms with Crippen LogP contribution in [0.2, 0.25) is 0 Å². The second kappa shape index (κ2) is 4.63. The van der Waals surface area contributed by atoms with Crippen LogP contribution in [0.25, 0.3) is 4.85 Å². The molecule has 0 fully saturated rings. The molecule has 78 valence electrons. The summed E-state index contributed by atoms with van der Waals surface area (Å²) in [5, 5.41) is 12.1. The van der Waals surface area contributed by atoms with E-state index >= 15 is 0 Å². The van der Waals surface area contributed by atoms with Crippen molar-refractivity contribution in [3.8, 4) is 6.07 Å². The summed E-state index contributed by atoms with van der Waals surface area (Å²) in [5.41, 5.74) is 8.42. The Kier molecular flexibility index (Phi) is 3.49. The summed E-state index contributed by atoms with van der Waals surface area (Å²) in [4.78, 5) is 3.49. The maximum atomic E-state index is 8.96. The smallest absolute Gasteiger partial charge is 0.192 e. The molecule has 4 nitrogen and oxygen atoms in total. The summed E-state index contributed by atoms with van der Waals surface area (Å²) in [6.07, 6.45) is 0.651. The van der Waals surface area contributed by atoms with E-state index in [1.807, 2.05) is 13.8 Å². The zero-order valence-corrected chi connectivity index (χ0v) is 8.96. The zero-order valence-electron chi connectivity index (χ0n) is 8.96. The van der Waals surface area contributed by atoms with E-state index in [4.69, 9.17) is 17.6 Å². The minimum Gasteiger partial charge on any atom is -0.372 e. The standard InChI is InChI=1S/C11H14N4/c1-7-9(6-13)8(2)15-10(4-5-12)11(7)14-3/h7,15H,4-5,12H2,1-2H3/t7-/m1/s1. The molecule has 1 aliphatic rings. The molecule has 0 bridgehead atoms. The van der Waals surface area contributed by atoms with Gasteiger partial charge in [0.25, 0.3) is 0 Å². The average Bonchev–Trinajstić information content (AvgIpc) is 2.19. The third-order valence-electron chi connectivity index (χ3n) is 2.53. The minimum atomic E-state index is -0.115. The first kappa shape index (κ1) is 11.3. The van der Waals surface area contributed by atoms with Gasteiger partial charge >= 0.3 is 0 Å². The number of dihydropyridines is 1. The van der Waals surface area contributed by atoms with Crippen molar-refractivity contribution in [2.24, 2.45) is 11.7 Å². The van der Waals surface area contributed by atoms with Crippen molar-refractivity contribution in [3.63, 3.8) is 0 Å². The molecular formula is C11H14N4. The number of hydrogen-bond donors (Lipinski definition) is 2. The summed E-state index contributed by atoms with van der Waals surface area (Å²) in [6.45, 7) is 11.4. The van der Waals surface area contributed by atoms with Crippen molar-refractivity contribution in [2.45, 2.75) is 20.3 Å². The molecule has 0 aromatic carbocycles. The first-order valence-corrected chi connectivity index (χ1v) is 4.84. The molecule has 4 heteroatoms. The van der Waals surface area contributed by atoms with Crippen LogP contribution >= 0.6 is 0 Å². The van der Waals surface area contributed by atoms with Crippen LogP contribution in [0.5, 0.6) is 0 Å². The first-order valence-electron chi connectivity index (χ1n) is 4.84. The Morgan fingerprint density at radius 2 is 2.33 bits per heavy atom. The average molecular weight is 202 g/mol. The lowest BCUT2D eigenvalue weighted by Gasteiger charge is -2.24. The van der Waals surface area contributed by atoms with Crippen molar-refractivity contribution in [3.05, 3.63) is 34.1 Å². The van der Waals surface area contributed by atoms with Gasteiger partial charge in [0.15, 0.2) is 5.70 Å². The number of allylic oxidation sites excluding steroid dienone is 2. The van der Waals surface area contributed by atoms with Crippen molar-refractivity contribution < 1.29 is 0 Å². The van der Waals surface area contributed by atoms with Crippen molar-refractivity contribution in [1.29, 1.82) is 5.26 Å². The summed E-state index contributed by atoms with van der Waals surface area (Å²) in [6, 6.07) is 2.14. The van der Waals surface area contributed by atoms with Gasteiger partial charge in [-0.1, -0.05) is 6.92 Å². The largest absolute Gasteiger partial charge is 0.372 e. The van der Waals surface area contributed by atoms with Crippen molar-refractivity contribution in [1.82, 2.24) is 5.32 Å². The monoisotopic (exact) mass is 202 g/mol. The fourth-order valence-electron chi connectivity index (χ4n) is 1.76. The van der Waals surface area contributed by atoms with Gasteiger partial charge in [-0.25, -0.2) is 4.85 Å². The molecule has 1 heterocycles. The molecule has 0 saturated heterocycles. The maximum absolute atomic E-state index is 8.96. The maximum Gasteiger partial charge on any atom is 0.192 e. The van der Waals surface area contributed by atoms with Gasteiger partial charge < -0.3 is 11.1 Å². The molecule has 0 aromatic rings. The number of nitrogens with zero attached hydrogens (tertiary/aromatic N) is 2. The number of hydrogen-bond acceptors (Lipinski definition) is 3. The van der Waals surface area contributed by atoms with E-state index in [-0.39, 0.29) is 5.92 Å². The fourth-order valence-corrected chi connectivity index (χ4v) is 1.76. The molecule has 15 heavy (non-hydrogen) atoms. The van der Waals surface area contributed by atoms with E-state index in [0.717, 1.165) is 11.4 Å². The highest BCUT2D eigenvalue weighted by Gasteiger charge is 2.25. The van der Waals surface area contributed by atoms with Crippen LogP contribution in [0.15, 0.2) is 22.7 Å². The van der Waals surface area contributed by atoms with E-state index < -0.39 is 0 Å². The van der Waals surface area contributed by atoms with Crippen LogP contribution in [-0.2, 0) is 0 Å². The highest BCUT2D eigenvalue weighted by molar-refractivity contribution is 5.43. The molecule has 1 aliphatic heterocycles. The number of nitriles is 1. The molecule has 3 N–H and O–H groups in total. The number of nitrogens with two attached hydrogens (primary N) is 1. The van der Waals surface area contributed by atoms with Crippen molar-refractivity contribution >= 4 is 0 Å². The van der Waals surface area contributed by atoms with Crippen LogP contribution in [0, 0.1) is 23.8 Å². The second-order valence-electron chi connectivity index (χ2n) is 3.51. The molecule has 1 rings (SSSR count). The Balaban J connectivity index is 3.12. The first-order chi connectivity index (χ1) is 7.15. The Morgan fingerprint density at radius 1 is 1.67 bits per heavy atom. The second-order valence-corrected chi connectivity index (χ2v) is 3.51. The number of rotatable bonds is 2. The highest BCUT2D eigenvalue weighted by Crippen LogP contribution is 2.30. The topological polar surface area (TPSA) is 66.2 Å². The molecule has 0 spiro atoms. The molecule has 0 aliphatic carbocycles. The summed E-state index contributed by atoms with van der Waals surface area (Å²) >= 11 is 0. The SMILES string of the molecule is [C-]#[N+]C1=C(CCN)NC(C)=C(C#N)[C@H]1C. The van der Waals surface area contributed by atoms with Gasteiger partial charge in [-0.05, 0) is 19.9 Å². The van der Waals surface area contributed by atoms with E-state index in [1.54, 1.807) is 0 Å². The molecule has 0 aromatic heterocycles. The molecule has 0 amide bonds. The van der Waals surface area contributed by atoms with Gasteiger partial charge in [0.1, 0.15) is 0 Å². The fraction of sp³-hybridized carbons (Fsp3) is 0.455. The minimum absolute atomic E-state index is 0.115. The predicted octanol–water partition coefficient (Wildman–Crippen LogP) is 1.50. The quantitative estimate of drug-likeness (QED) is 0.667. The Morgan fingerprint density at radius 3 is 2.80 bits per heavy atom. The molecule has 0 saturated carbocycles. The van der Waals surface area contributed by atoms with Gasteiger partial charge in [-0.2, -0.15) is 5.26 Å². The summed E-state index contributed by atoms with van der Waals surface area (Å²) in [5.74, 6) is -0.115. The van der Waals surface area contributed by atoms with Gasteiger partial charge in [0, 0.05) is 22.9 Å². The van der Waals surface area contributed by atoms with Gasteiger partial charge in [0.2, 0.25) is 0 Å². The third-order valence-corrected chi connectivity index (χ3v) is 2.53. The van der Waals surface area contributed by atoms with E-state index in [2.05, 4.69) is 16.2 Å². The molecule has 1 atom stereocenters. The zero-order chi connectivity index (χ0) is 11.4. The Hall–Kier alpha value is -1.78. The van der Waals surface area contributed by atoms with Gasteiger partial charge in [-0.15, -0.1) is 0 Å². The molecule has 0 radical (unpaired) electrons. The van der Waals surface area contributed by atoms with E-state index in [1.165, 1.54) is 0 Å². The molecular weight excluding hydrogens is 188 g/mol. The van der Waals surface area contributed by atoms with Crippen LogP contribution in [0.3, 0.4) is 0 Å². The van der Waals surface area contributed by atoms with Crippen LogP contribution in [-0.4, -0.2) is 6.54 Å². The Labute approximate surface area is 89.9 Å². The summed E-state index contributed by atoms with van der Waals surface area (Å²) < 4.78 is 0. The lowest BCUT2D eigenvalue weighted by molar-refractivity contribution is 0.707. The molecule has 0 unspecified atom stereocenters. The lowest BCUT2D eigenvalue weighted by atomic mass is 9.92. The van der Waals surface area contributed by atoms with Gasteiger partial charge in [-0.3, -0.25) is 0 Å². The van der Waals surface area contributed by atoms with Crippen LogP contribution in [0.1, 0.15) is 20.3 Å². The van der Waals surface area contributed by atoms with E-state index in [0.29, 0.717) is 24.2 Å². The van der Waals surface area contributed by atoms with Crippen LogP contribution in [0.4, 0.5) is 0 Å². The van der Waals surface area contributed by atoms with E-state index in [9.17, 15) is 0 Å². The van der Waals surface area contributed by atoms with Gasteiger partial charge in [0.05, 0.1) is 12.6 Å². The third kappa shape index (κ3) is 2.01. The normalized spacial score (nSPS) is 20.7. The number of nitrogens with one attached hydrogen (secondary N) is 1. The lowest BCUT2D eigenvalue weighted by Crippen LogP contribution is -2.25. The predicted molar refractivity (Wildman–Crippen MR) is 57.9 cm³/mol. The summed E-state index contributed by atoms with van der Waals surface area (Å²) in [7, 11) is 0. The Bertz CT molecular complexity index is 403. The van der Waals surface area contributed by atoms with Crippen molar-refractivity contribution in [2.75, 3.05) is 6.54 Å². The van der Waals surface area contributed by atoms with Crippen LogP contribution < -0.4 is 11.1 Å². The highest BCUT2D eigenvalue weighted by atomic mass is 14.9.